The van der Waals surface area contributed by atoms with Crippen molar-refractivity contribution in [3.8, 4) is 6.07 Å². The molecule has 1 heterocycles. The van der Waals surface area contributed by atoms with Crippen molar-refractivity contribution in [3.05, 3.63) is 34.5 Å². The molecule has 0 aliphatic heterocycles. The summed E-state index contributed by atoms with van der Waals surface area (Å²) in [4.78, 5) is 3.18. The predicted molar refractivity (Wildman–Crippen MR) is 80.6 cm³/mol. The number of halogens is 1. The molecule has 0 fully saturated rings. The van der Waals surface area contributed by atoms with E-state index in [4.69, 9.17) is 16.9 Å². The Bertz CT molecular complexity index is 643. The van der Waals surface area contributed by atoms with Crippen LogP contribution in [0.3, 0.4) is 0 Å². The Kier molecular flexibility index (Phi) is 4.10. The second-order valence-corrected chi connectivity index (χ2v) is 6.31. The van der Waals surface area contributed by atoms with Crippen molar-refractivity contribution in [3.63, 3.8) is 0 Å². The molecule has 0 spiro atoms. The fourth-order valence-corrected chi connectivity index (χ4v) is 2.87. The summed E-state index contributed by atoms with van der Waals surface area (Å²) < 4.78 is 0. The third-order valence-electron chi connectivity index (χ3n) is 3.00. The molecular weight excluding hydrogens is 280 g/mol. The van der Waals surface area contributed by atoms with E-state index in [1.54, 1.807) is 30.8 Å². The van der Waals surface area contributed by atoms with Gasteiger partial charge < -0.3 is 10.1 Å². The largest absolute Gasteiger partial charge is 0.383 e. The molecule has 0 saturated carbocycles. The molecule has 1 aromatic heterocycles. The standard InChI is InChI=1S/C14H15ClN2OS/c1-3-19-8-14(2,18)13-5-9-4-10(7-16)11(15)6-12(9)17-13/h4-6,17-18H,3,8H2,1-2H3/t14-/m0/s1. The number of aliphatic hydroxyl groups is 1. The van der Waals surface area contributed by atoms with Gasteiger partial charge >= 0.3 is 0 Å². The molecule has 2 aromatic rings. The number of aromatic amines is 1. The first kappa shape index (κ1) is 14.3. The zero-order valence-electron chi connectivity index (χ0n) is 10.8. The van der Waals surface area contributed by atoms with Gasteiger partial charge in [0.15, 0.2) is 0 Å². The highest BCUT2D eigenvalue weighted by Gasteiger charge is 2.25. The molecule has 2 N–H and O–H groups in total. The van der Waals surface area contributed by atoms with Crippen LogP contribution in [0.1, 0.15) is 25.1 Å². The van der Waals surface area contributed by atoms with Crippen LogP contribution in [-0.2, 0) is 5.60 Å². The minimum atomic E-state index is -0.918. The molecule has 0 radical (unpaired) electrons. The van der Waals surface area contributed by atoms with E-state index in [9.17, 15) is 5.11 Å². The van der Waals surface area contributed by atoms with Crippen molar-refractivity contribution in [2.45, 2.75) is 19.4 Å². The third-order valence-corrected chi connectivity index (χ3v) is 4.48. The number of H-pyrrole nitrogens is 1. The first-order valence-electron chi connectivity index (χ1n) is 6.01. The number of nitrogens with zero attached hydrogens (tertiary/aromatic N) is 1. The third kappa shape index (κ3) is 2.89. The maximum Gasteiger partial charge on any atom is 0.110 e. The summed E-state index contributed by atoms with van der Waals surface area (Å²) in [6.45, 7) is 3.85. The van der Waals surface area contributed by atoms with Crippen molar-refractivity contribution >= 4 is 34.3 Å². The number of thioether (sulfide) groups is 1. The van der Waals surface area contributed by atoms with Crippen LogP contribution in [0.2, 0.25) is 5.02 Å². The lowest BCUT2D eigenvalue weighted by Crippen LogP contribution is -2.24. The van der Waals surface area contributed by atoms with Crippen molar-refractivity contribution < 1.29 is 5.11 Å². The Morgan fingerprint density at radius 2 is 2.21 bits per heavy atom. The Morgan fingerprint density at radius 1 is 1.47 bits per heavy atom. The number of hydrogen-bond acceptors (Lipinski definition) is 3. The molecule has 1 aromatic carbocycles. The van der Waals surface area contributed by atoms with Gasteiger partial charge in [0.05, 0.1) is 10.6 Å². The molecule has 100 valence electrons. The van der Waals surface area contributed by atoms with E-state index in [1.165, 1.54) is 0 Å². The van der Waals surface area contributed by atoms with Gasteiger partial charge in [-0.3, -0.25) is 0 Å². The number of rotatable bonds is 4. The van der Waals surface area contributed by atoms with Crippen molar-refractivity contribution in [2.24, 2.45) is 0 Å². The second-order valence-electron chi connectivity index (χ2n) is 4.63. The average Bonchev–Trinajstić information content (AvgIpc) is 2.78. The topological polar surface area (TPSA) is 59.8 Å². The molecule has 5 heteroatoms. The van der Waals surface area contributed by atoms with Crippen LogP contribution in [-0.4, -0.2) is 21.6 Å². The normalized spacial score (nSPS) is 14.3. The Hall–Kier alpha value is -1.15. The van der Waals surface area contributed by atoms with E-state index in [0.29, 0.717) is 16.3 Å². The van der Waals surface area contributed by atoms with E-state index >= 15 is 0 Å². The second kappa shape index (κ2) is 5.46. The van der Waals surface area contributed by atoms with Gasteiger partial charge in [-0.1, -0.05) is 18.5 Å². The molecule has 0 unspecified atom stereocenters. The number of aromatic nitrogens is 1. The Balaban J connectivity index is 2.44. The minimum Gasteiger partial charge on any atom is -0.383 e. The number of nitrogens with one attached hydrogen (secondary N) is 1. The van der Waals surface area contributed by atoms with Gasteiger partial charge in [0.2, 0.25) is 0 Å². The molecule has 0 amide bonds. The first-order chi connectivity index (χ1) is 8.97. The molecule has 0 aliphatic rings. The maximum atomic E-state index is 10.5. The molecular formula is C14H15ClN2OS. The van der Waals surface area contributed by atoms with Gasteiger partial charge in [-0.15, -0.1) is 0 Å². The summed E-state index contributed by atoms with van der Waals surface area (Å²) in [6.07, 6.45) is 0. The lowest BCUT2D eigenvalue weighted by molar-refractivity contribution is 0.0800. The van der Waals surface area contributed by atoms with Crippen LogP contribution in [0.5, 0.6) is 0 Å². The van der Waals surface area contributed by atoms with Gasteiger partial charge in [-0.25, -0.2) is 0 Å². The van der Waals surface area contributed by atoms with Gasteiger partial charge in [0, 0.05) is 22.3 Å². The summed E-state index contributed by atoms with van der Waals surface area (Å²) in [7, 11) is 0. The highest BCUT2D eigenvalue weighted by Crippen LogP contribution is 2.30. The first-order valence-corrected chi connectivity index (χ1v) is 7.54. The molecule has 0 saturated heterocycles. The van der Waals surface area contributed by atoms with E-state index in [2.05, 4.69) is 18.0 Å². The van der Waals surface area contributed by atoms with E-state index in [-0.39, 0.29) is 0 Å². The summed E-state index contributed by atoms with van der Waals surface area (Å²) in [5.74, 6) is 1.58. The van der Waals surface area contributed by atoms with Crippen LogP contribution < -0.4 is 0 Å². The smallest absolute Gasteiger partial charge is 0.110 e. The zero-order chi connectivity index (χ0) is 14.0. The summed E-state index contributed by atoms with van der Waals surface area (Å²) in [5, 5.41) is 20.7. The molecule has 1 atom stereocenters. The monoisotopic (exact) mass is 294 g/mol. The molecule has 19 heavy (non-hydrogen) atoms. The summed E-state index contributed by atoms with van der Waals surface area (Å²) in [6, 6.07) is 7.40. The predicted octanol–water partition coefficient (Wildman–Crippen LogP) is 3.65. The van der Waals surface area contributed by atoms with Crippen LogP contribution >= 0.6 is 23.4 Å². The Morgan fingerprint density at radius 3 is 2.84 bits per heavy atom. The van der Waals surface area contributed by atoms with E-state index in [0.717, 1.165) is 22.3 Å². The van der Waals surface area contributed by atoms with E-state index < -0.39 is 5.60 Å². The van der Waals surface area contributed by atoms with E-state index in [1.807, 2.05) is 6.07 Å². The maximum absolute atomic E-state index is 10.5. The fourth-order valence-electron chi connectivity index (χ4n) is 1.91. The SMILES string of the molecule is CCSC[C@](C)(O)c1cc2cc(C#N)c(Cl)cc2[nH]1. The number of benzene rings is 1. The summed E-state index contributed by atoms with van der Waals surface area (Å²) >= 11 is 7.68. The fraction of sp³-hybridized carbons (Fsp3) is 0.357. The van der Waals surface area contributed by atoms with Crippen molar-refractivity contribution in [1.29, 1.82) is 5.26 Å². The lowest BCUT2D eigenvalue weighted by Gasteiger charge is -2.21. The Labute approximate surface area is 121 Å². The molecule has 0 bridgehead atoms. The van der Waals surface area contributed by atoms with Crippen LogP contribution in [0.15, 0.2) is 18.2 Å². The lowest BCUT2D eigenvalue weighted by atomic mass is 10.1. The van der Waals surface area contributed by atoms with Gasteiger partial charge in [-0.05, 0) is 30.9 Å². The van der Waals surface area contributed by atoms with Gasteiger partial charge in [0.1, 0.15) is 11.7 Å². The molecule has 2 rings (SSSR count). The highest BCUT2D eigenvalue weighted by molar-refractivity contribution is 7.99. The summed E-state index contributed by atoms with van der Waals surface area (Å²) in [5.41, 5.74) is 1.11. The van der Waals surface area contributed by atoms with Crippen molar-refractivity contribution in [1.82, 2.24) is 4.98 Å². The zero-order valence-corrected chi connectivity index (χ0v) is 12.4. The molecule has 0 aliphatic carbocycles. The number of hydrogen-bond donors (Lipinski definition) is 2. The van der Waals surface area contributed by atoms with Crippen LogP contribution in [0.25, 0.3) is 10.9 Å². The highest BCUT2D eigenvalue weighted by atomic mass is 35.5. The number of nitriles is 1. The van der Waals surface area contributed by atoms with Gasteiger partial charge in [-0.2, -0.15) is 17.0 Å². The van der Waals surface area contributed by atoms with Crippen molar-refractivity contribution in [2.75, 3.05) is 11.5 Å². The quantitative estimate of drug-likeness (QED) is 0.905. The minimum absolute atomic E-state index is 0.422. The molecule has 3 nitrogen and oxygen atoms in total. The average molecular weight is 295 g/mol. The number of fused-ring (bicyclic) bond motifs is 1. The van der Waals surface area contributed by atoms with Gasteiger partial charge in [0.25, 0.3) is 0 Å². The van der Waals surface area contributed by atoms with Crippen LogP contribution in [0.4, 0.5) is 0 Å². The van der Waals surface area contributed by atoms with Crippen LogP contribution in [0, 0.1) is 11.3 Å².